The summed E-state index contributed by atoms with van der Waals surface area (Å²) in [5.41, 5.74) is 1.46. The van der Waals surface area contributed by atoms with Crippen molar-refractivity contribution in [2.24, 2.45) is 0 Å². The molecule has 30 heavy (non-hydrogen) atoms. The van der Waals surface area contributed by atoms with Gasteiger partial charge in [-0.2, -0.15) is 5.10 Å². The van der Waals surface area contributed by atoms with Gasteiger partial charge in [0.15, 0.2) is 5.69 Å². The Morgan fingerprint density at radius 2 is 2.13 bits per heavy atom. The quantitative estimate of drug-likeness (QED) is 0.642. The zero-order valence-electron chi connectivity index (χ0n) is 17.7. The molecule has 9 nitrogen and oxygen atoms in total. The molecule has 0 aromatic carbocycles. The van der Waals surface area contributed by atoms with Gasteiger partial charge in [0, 0.05) is 18.8 Å². The van der Waals surface area contributed by atoms with E-state index in [-0.39, 0.29) is 29.6 Å². The molecule has 2 amide bonds. The van der Waals surface area contributed by atoms with Gasteiger partial charge in [0.1, 0.15) is 11.9 Å². The fourth-order valence-corrected chi connectivity index (χ4v) is 3.13. The van der Waals surface area contributed by atoms with Crippen molar-refractivity contribution in [3.05, 3.63) is 41.5 Å². The number of anilines is 1. The SMILES string of the molecule is Cc1cccc(C(=O)Nc2cn(C3CCCCO3)nc2C(=O)NCCOC(C)C)n1. The van der Waals surface area contributed by atoms with Gasteiger partial charge < -0.3 is 20.1 Å². The second-order valence-electron chi connectivity index (χ2n) is 7.49. The molecule has 2 N–H and O–H groups in total. The zero-order valence-corrected chi connectivity index (χ0v) is 17.7. The van der Waals surface area contributed by atoms with Crippen LogP contribution >= 0.6 is 0 Å². The Morgan fingerprint density at radius 3 is 2.83 bits per heavy atom. The van der Waals surface area contributed by atoms with Crippen LogP contribution in [-0.2, 0) is 9.47 Å². The van der Waals surface area contributed by atoms with Crippen LogP contribution in [0.1, 0.15) is 66.0 Å². The third-order valence-electron chi connectivity index (χ3n) is 4.61. The predicted octanol–water partition coefficient (Wildman–Crippen LogP) is 2.69. The maximum absolute atomic E-state index is 12.7. The third-order valence-corrected chi connectivity index (χ3v) is 4.61. The Bertz CT molecular complexity index is 874. The number of amides is 2. The molecule has 2 aromatic rings. The Labute approximate surface area is 176 Å². The van der Waals surface area contributed by atoms with Gasteiger partial charge in [-0.15, -0.1) is 0 Å². The number of nitrogens with one attached hydrogen (secondary N) is 2. The summed E-state index contributed by atoms with van der Waals surface area (Å²) in [7, 11) is 0. The van der Waals surface area contributed by atoms with E-state index in [0.29, 0.717) is 25.4 Å². The van der Waals surface area contributed by atoms with Crippen LogP contribution in [0.4, 0.5) is 5.69 Å². The van der Waals surface area contributed by atoms with E-state index >= 15 is 0 Å². The van der Waals surface area contributed by atoms with E-state index in [1.807, 2.05) is 26.8 Å². The van der Waals surface area contributed by atoms with Gasteiger partial charge in [0.25, 0.3) is 11.8 Å². The smallest absolute Gasteiger partial charge is 0.274 e. The van der Waals surface area contributed by atoms with Crippen molar-refractivity contribution >= 4 is 17.5 Å². The summed E-state index contributed by atoms with van der Waals surface area (Å²) in [5, 5.41) is 9.97. The molecule has 0 aliphatic carbocycles. The number of carbonyl (C=O) groups excluding carboxylic acids is 2. The second kappa shape index (κ2) is 10.3. The van der Waals surface area contributed by atoms with E-state index in [1.165, 1.54) is 0 Å². The lowest BCUT2D eigenvalue weighted by Crippen LogP contribution is -2.29. The molecule has 0 bridgehead atoms. The van der Waals surface area contributed by atoms with E-state index in [2.05, 4.69) is 20.7 Å². The highest BCUT2D eigenvalue weighted by Crippen LogP contribution is 2.25. The molecule has 1 unspecified atom stereocenters. The van der Waals surface area contributed by atoms with Crippen LogP contribution in [0, 0.1) is 6.92 Å². The van der Waals surface area contributed by atoms with Crippen LogP contribution in [0.25, 0.3) is 0 Å². The van der Waals surface area contributed by atoms with E-state index in [0.717, 1.165) is 25.0 Å². The van der Waals surface area contributed by atoms with Crippen LogP contribution in [0.2, 0.25) is 0 Å². The highest BCUT2D eigenvalue weighted by molar-refractivity contribution is 6.07. The van der Waals surface area contributed by atoms with Gasteiger partial charge in [0.05, 0.1) is 24.6 Å². The molecular formula is C21H29N5O4. The second-order valence-corrected chi connectivity index (χ2v) is 7.49. The molecule has 3 rings (SSSR count). The summed E-state index contributed by atoms with van der Waals surface area (Å²) in [5.74, 6) is -0.788. The van der Waals surface area contributed by atoms with Crippen LogP contribution < -0.4 is 10.6 Å². The lowest BCUT2D eigenvalue weighted by Gasteiger charge is -2.22. The van der Waals surface area contributed by atoms with Crippen LogP contribution in [-0.4, -0.2) is 52.4 Å². The standard InChI is InChI=1S/C21H29N5O4/c1-14(2)29-12-10-22-21(28)19-17(13-26(25-19)18-9-4-5-11-30-18)24-20(27)16-8-6-7-15(3)23-16/h6-8,13-14,18H,4-5,9-12H2,1-3H3,(H,22,28)(H,24,27). The summed E-state index contributed by atoms with van der Waals surface area (Å²) in [6, 6.07) is 5.20. The van der Waals surface area contributed by atoms with E-state index in [1.54, 1.807) is 23.0 Å². The van der Waals surface area contributed by atoms with Crippen LogP contribution in [0.5, 0.6) is 0 Å². The molecule has 162 valence electrons. The summed E-state index contributed by atoms with van der Waals surface area (Å²) in [6.45, 7) is 7.06. The molecule has 1 saturated heterocycles. The molecule has 9 heteroatoms. The fraction of sp³-hybridized carbons (Fsp3) is 0.524. The first-order valence-corrected chi connectivity index (χ1v) is 10.3. The molecule has 1 aliphatic rings. The van der Waals surface area contributed by atoms with Gasteiger partial charge >= 0.3 is 0 Å². The van der Waals surface area contributed by atoms with Crippen LogP contribution in [0.3, 0.4) is 0 Å². The number of aryl methyl sites for hydroxylation is 1. The maximum atomic E-state index is 12.7. The Kier molecular flexibility index (Phi) is 7.53. The number of rotatable bonds is 8. The van der Waals surface area contributed by atoms with Crippen molar-refractivity contribution in [1.29, 1.82) is 0 Å². The molecule has 0 spiro atoms. The highest BCUT2D eigenvalue weighted by atomic mass is 16.5. The summed E-state index contributed by atoms with van der Waals surface area (Å²) in [4.78, 5) is 29.6. The number of carbonyl (C=O) groups is 2. The average Bonchev–Trinajstić information content (AvgIpc) is 3.15. The molecular weight excluding hydrogens is 386 g/mol. The minimum atomic E-state index is -0.403. The van der Waals surface area contributed by atoms with Crippen molar-refractivity contribution in [3.8, 4) is 0 Å². The lowest BCUT2D eigenvalue weighted by molar-refractivity contribution is -0.0395. The van der Waals surface area contributed by atoms with Crippen molar-refractivity contribution < 1.29 is 19.1 Å². The lowest BCUT2D eigenvalue weighted by atomic mass is 10.2. The summed E-state index contributed by atoms with van der Waals surface area (Å²) >= 11 is 0. The molecule has 1 atom stereocenters. The molecule has 1 fully saturated rings. The van der Waals surface area contributed by atoms with Gasteiger partial charge in [0.2, 0.25) is 0 Å². The molecule has 2 aromatic heterocycles. The first-order valence-electron chi connectivity index (χ1n) is 10.3. The normalized spacial score (nSPS) is 16.5. The van der Waals surface area contributed by atoms with E-state index in [9.17, 15) is 9.59 Å². The van der Waals surface area contributed by atoms with Gasteiger partial charge in [-0.1, -0.05) is 6.07 Å². The topological polar surface area (TPSA) is 107 Å². The number of hydrogen-bond acceptors (Lipinski definition) is 6. The minimum absolute atomic E-state index is 0.0845. The van der Waals surface area contributed by atoms with Crippen LogP contribution in [0.15, 0.2) is 24.4 Å². The van der Waals surface area contributed by atoms with Gasteiger partial charge in [-0.05, 0) is 52.2 Å². The van der Waals surface area contributed by atoms with Crippen molar-refractivity contribution in [1.82, 2.24) is 20.1 Å². The first kappa shape index (κ1) is 21.9. The third kappa shape index (κ3) is 5.87. The van der Waals surface area contributed by atoms with E-state index < -0.39 is 5.91 Å². The number of hydrogen-bond donors (Lipinski definition) is 2. The zero-order chi connectivity index (χ0) is 21.5. The number of pyridine rings is 1. The van der Waals surface area contributed by atoms with Gasteiger partial charge in [-0.25, -0.2) is 9.67 Å². The van der Waals surface area contributed by atoms with Crippen molar-refractivity contribution in [2.45, 2.75) is 52.4 Å². The van der Waals surface area contributed by atoms with E-state index in [4.69, 9.17) is 9.47 Å². The molecule has 0 radical (unpaired) electrons. The first-order chi connectivity index (χ1) is 14.4. The fourth-order valence-electron chi connectivity index (χ4n) is 3.13. The predicted molar refractivity (Wildman–Crippen MR) is 111 cm³/mol. The summed E-state index contributed by atoms with van der Waals surface area (Å²) in [6.07, 6.45) is 4.30. The monoisotopic (exact) mass is 415 g/mol. The van der Waals surface area contributed by atoms with Crippen molar-refractivity contribution in [3.63, 3.8) is 0 Å². The molecule has 1 aliphatic heterocycles. The highest BCUT2D eigenvalue weighted by Gasteiger charge is 2.24. The Morgan fingerprint density at radius 1 is 1.30 bits per heavy atom. The summed E-state index contributed by atoms with van der Waals surface area (Å²) < 4.78 is 12.8. The molecule has 0 saturated carbocycles. The molecule has 3 heterocycles. The minimum Gasteiger partial charge on any atom is -0.377 e. The Hall–Kier alpha value is -2.78. The van der Waals surface area contributed by atoms with Gasteiger partial charge in [-0.3, -0.25) is 9.59 Å². The largest absolute Gasteiger partial charge is 0.377 e. The Balaban J connectivity index is 1.77. The number of aromatic nitrogens is 3. The number of nitrogens with zero attached hydrogens (tertiary/aromatic N) is 3. The average molecular weight is 415 g/mol. The van der Waals surface area contributed by atoms with Crippen molar-refractivity contribution in [2.75, 3.05) is 25.1 Å². The maximum Gasteiger partial charge on any atom is 0.274 e. The number of ether oxygens (including phenoxy) is 2.